The van der Waals surface area contributed by atoms with Gasteiger partial charge in [0.25, 0.3) is 0 Å². The van der Waals surface area contributed by atoms with Crippen LogP contribution in [-0.4, -0.2) is 48.1 Å². The maximum absolute atomic E-state index is 5.58. The van der Waals surface area contributed by atoms with Crippen LogP contribution in [0.4, 0.5) is 11.5 Å². The second-order valence-electron chi connectivity index (χ2n) is 8.70. The molecular formula is C24H32N4OS. The van der Waals surface area contributed by atoms with Crippen LogP contribution in [0.25, 0.3) is 11.4 Å². The molecule has 5 rings (SSSR count). The van der Waals surface area contributed by atoms with Crippen molar-refractivity contribution in [2.75, 3.05) is 43.1 Å². The molecule has 2 aromatic rings. The van der Waals surface area contributed by atoms with Gasteiger partial charge in [-0.05, 0) is 62.8 Å². The molecular weight excluding hydrogens is 392 g/mol. The zero-order chi connectivity index (χ0) is 20.4. The van der Waals surface area contributed by atoms with Crippen LogP contribution in [0.1, 0.15) is 51.1 Å². The van der Waals surface area contributed by atoms with Gasteiger partial charge in [-0.15, -0.1) is 11.8 Å². The van der Waals surface area contributed by atoms with Crippen LogP contribution >= 0.6 is 11.8 Å². The number of hydrogen-bond acceptors (Lipinski definition) is 6. The fourth-order valence-electron chi connectivity index (χ4n) is 4.20. The number of rotatable bonds is 8. The Balaban J connectivity index is 1.49. The molecule has 0 bridgehead atoms. The van der Waals surface area contributed by atoms with Gasteiger partial charge in [0, 0.05) is 42.2 Å². The number of nitrogens with zero attached hydrogens (tertiary/aromatic N) is 3. The molecule has 2 saturated carbocycles. The Morgan fingerprint density at radius 2 is 1.90 bits per heavy atom. The van der Waals surface area contributed by atoms with Gasteiger partial charge in [-0.25, -0.2) is 9.97 Å². The van der Waals surface area contributed by atoms with E-state index in [1.165, 1.54) is 37.8 Å². The van der Waals surface area contributed by atoms with Gasteiger partial charge in [0.2, 0.25) is 0 Å². The third kappa shape index (κ3) is 4.30. The molecule has 1 aliphatic heterocycles. The summed E-state index contributed by atoms with van der Waals surface area (Å²) in [5, 5.41) is 4.29. The monoisotopic (exact) mass is 424 g/mol. The lowest BCUT2D eigenvalue weighted by Gasteiger charge is -2.41. The second-order valence-corrected chi connectivity index (χ2v) is 10.4. The van der Waals surface area contributed by atoms with E-state index < -0.39 is 0 Å². The number of nitrogens with one attached hydrogen (secondary N) is 1. The van der Waals surface area contributed by atoms with Gasteiger partial charge in [-0.1, -0.05) is 6.92 Å². The number of hydrogen-bond donors (Lipinski definition) is 1. The molecule has 0 amide bonds. The van der Waals surface area contributed by atoms with E-state index in [1.807, 2.05) is 0 Å². The van der Waals surface area contributed by atoms with Crippen LogP contribution < -0.4 is 10.2 Å². The van der Waals surface area contributed by atoms with Gasteiger partial charge in [-0.2, -0.15) is 0 Å². The minimum atomic E-state index is 0.197. The van der Waals surface area contributed by atoms with E-state index in [2.05, 4.69) is 59.2 Å². The Kier molecular flexibility index (Phi) is 5.87. The highest BCUT2D eigenvalue weighted by molar-refractivity contribution is 8.01. The molecule has 1 N–H and O–H groups in total. The molecule has 3 fully saturated rings. The Bertz CT molecular complexity index is 858. The molecule has 1 saturated heterocycles. The van der Waals surface area contributed by atoms with Crippen LogP contribution in [0.15, 0.2) is 30.3 Å². The summed E-state index contributed by atoms with van der Waals surface area (Å²) in [6.45, 7) is 6.52. The molecule has 2 heterocycles. The van der Waals surface area contributed by atoms with Gasteiger partial charge < -0.3 is 15.0 Å². The zero-order valence-electron chi connectivity index (χ0n) is 17.9. The molecule has 1 aromatic heterocycles. The molecule has 2 aliphatic carbocycles. The summed E-state index contributed by atoms with van der Waals surface area (Å²) in [7, 11) is 0. The second kappa shape index (κ2) is 8.75. The molecule has 160 valence electrons. The van der Waals surface area contributed by atoms with Gasteiger partial charge in [0.15, 0.2) is 5.82 Å². The number of ether oxygens (including phenoxy) is 1. The summed E-state index contributed by atoms with van der Waals surface area (Å²) in [6.07, 6.45) is 7.65. The van der Waals surface area contributed by atoms with Gasteiger partial charge >= 0.3 is 0 Å². The summed E-state index contributed by atoms with van der Waals surface area (Å²) in [6, 6.07) is 10.9. The van der Waals surface area contributed by atoms with E-state index in [4.69, 9.17) is 14.7 Å². The standard InChI is InChI=1S/C24H32N4OS/c1-2-12-25-19-6-4-18(5-7-19)23-26-21(24(10-3-11-24)30-20-8-9-20)17-22(27-23)28-13-15-29-16-14-28/h4-7,17,20,25H,2-3,8-16H2,1H3. The van der Waals surface area contributed by atoms with E-state index in [-0.39, 0.29) is 4.75 Å². The SMILES string of the molecule is CCCNc1ccc(-c2nc(N3CCOCC3)cc(C3(SC4CC4)CCC3)n2)cc1. The summed E-state index contributed by atoms with van der Waals surface area (Å²) >= 11 is 2.18. The van der Waals surface area contributed by atoms with Gasteiger partial charge in [0.1, 0.15) is 5.82 Å². The van der Waals surface area contributed by atoms with Crippen molar-refractivity contribution in [1.82, 2.24) is 9.97 Å². The summed E-state index contributed by atoms with van der Waals surface area (Å²) < 4.78 is 5.77. The molecule has 0 radical (unpaired) electrons. The predicted octanol–water partition coefficient (Wildman–Crippen LogP) is 5.08. The lowest BCUT2D eigenvalue weighted by Crippen LogP contribution is -2.38. The van der Waals surface area contributed by atoms with Crippen molar-refractivity contribution in [1.29, 1.82) is 0 Å². The third-order valence-electron chi connectivity index (χ3n) is 6.31. The highest BCUT2D eigenvalue weighted by Crippen LogP contribution is 2.57. The predicted molar refractivity (Wildman–Crippen MR) is 125 cm³/mol. The molecule has 1 aromatic carbocycles. The molecule has 30 heavy (non-hydrogen) atoms. The maximum atomic E-state index is 5.58. The van der Waals surface area contributed by atoms with Crippen molar-refractivity contribution < 1.29 is 4.74 Å². The van der Waals surface area contributed by atoms with E-state index in [0.29, 0.717) is 0 Å². The van der Waals surface area contributed by atoms with Crippen molar-refractivity contribution in [3.05, 3.63) is 36.0 Å². The Morgan fingerprint density at radius 3 is 2.53 bits per heavy atom. The summed E-state index contributed by atoms with van der Waals surface area (Å²) in [5.74, 6) is 1.92. The van der Waals surface area contributed by atoms with Crippen molar-refractivity contribution in [3.63, 3.8) is 0 Å². The molecule has 0 spiro atoms. The molecule has 5 nitrogen and oxygen atoms in total. The van der Waals surface area contributed by atoms with Crippen LogP contribution in [-0.2, 0) is 9.48 Å². The first-order valence-electron chi connectivity index (χ1n) is 11.5. The van der Waals surface area contributed by atoms with Crippen LogP contribution in [0.2, 0.25) is 0 Å². The lowest BCUT2D eigenvalue weighted by atomic mass is 9.81. The van der Waals surface area contributed by atoms with Gasteiger partial charge in [0.05, 0.1) is 23.7 Å². The molecule has 0 atom stereocenters. The largest absolute Gasteiger partial charge is 0.385 e. The Morgan fingerprint density at radius 1 is 1.13 bits per heavy atom. The Labute approximate surface area is 184 Å². The minimum absolute atomic E-state index is 0.197. The summed E-state index contributed by atoms with van der Waals surface area (Å²) in [5.41, 5.74) is 3.49. The van der Waals surface area contributed by atoms with E-state index in [1.54, 1.807) is 0 Å². The lowest BCUT2D eigenvalue weighted by molar-refractivity contribution is 0.122. The molecule has 0 unspecified atom stereocenters. The van der Waals surface area contributed by atoms with Gasteiger partial charge in [-0.3, -0.25) is 0 Å². The normalized spacial score (nSPS) is 20.6. The van der Waals surface area contributed by atoms with Crippen LogP contribution in [0, 0.1) is 0 Å². The van der Waals surface area contributed by atoms with Crippen LogP contribution in [0.5, 0.6) is 0 Å². The van der Waals surface area contributed by atoms with Crippen molar-refractivity contribution in [2.45, 2.75) is 55.4 Å². The third-order valence-corrected chi connectivity index (χ3v) is 8.19. The fraction of sp³-hybridized carbons (Fsp3) is 0.583. The first-order chi connectivity index (χ1) is 14.8. The van der Waals surface area contributed by atoms with Crippen molar-refractivity contribution >= 4 is 23.3 Å². The number of anilines is 2. The Hall–Kier alpha value is -1.79. The number of benzene rings is 1. The topological polar surface area (TPSA) is 50.3 Å². The van der Waals surface area contributed by atoms with Crippen LogP contribution in [0.3, 0.4) is 0 Å². The molecule has 6 heteroatoms. The fourth-order valence-corrected chi connectivity index (χ4v) is 5.95. The quantitative estimate of drug-likeness (QED) is 0.638. The average Bonchev–Trinajstić information content (AvgIpc) is 3.59. The average molecular weight is 425 g/mol. The highest BCUT2D eigenvalue weighted by Gasteiger charge is 2.45. The number of morpholine rings is 1. The highest BCUT2D eigenvalue weighted by atomic mass is 32.2. The van der Waals surface area contributed by atoms with E-state index in [0.717, 1.165) is 67.4 Å². The minimum Gasteiger partial charge on any atom is -0.385 e. The van der Waals surface area contributed by atoms with E-state index >= 15 is 0 Å². The number of aromatic nitrogens is 2. The first-order valence-corrected chi connectivity index (χ1v) is 12.4. The smallest absolute Gasteiger partial charge is 0.161 e. The molecule has 3 aliphatic rings. The zero-order valence-corrected chi connectivity index (χ0v) is 18.7. The maximum Gasteiger partial charge on any atom is 0.161 e. The van der Waals surface area contributed by atoms with Crippen molar-refractivity contribution in [2.24, 2.45) is 0 Å². The van der Waals surface area contributed by atoms with E-state index in [9.17, 15) is 0 Å². The number of thioether (sulfide) groups is 1. The van der Waals surface area contributed by atoms with Crippen molar-refractivity contribution in [3.8, 4) is 11.4 Å². The first kappa shape index (κ1) is 20.1. The summed E-state index contributed by atoms with van der Waals surface area (Å²) in [4.78, 5) is 12.5.